The maximum atomic E-state index is 13.8. The van der Waals surface area contributed by atoms with Gasteiger partial charge in [0.1, 0.15) is 0 Å². The van der Waals surface area contributed by atoms with E-state index in [4.69, 9.17) is 10.5 Å². The largest absolute Gasteiger partial charge is 0.504 e. The summed E-state index contributed by atoms with van der Waals surface area (Å²) in [5.74, 6) is -0.671. The minimum atomic E-state index is -0.524. The molecule has 0 spiro atoms. The number of rotatable bonds is 3. The van der Waals surface area contributed by atoms with Crippen LogP contribution >= 0.6 is 0 Å². The fourth-order valence-electron chi connectivity index (χ4n) is 3.39. The molecule has 0 unspecified atom stereocenters. The number of ether oxygens (including phenoxy) is 1. The van der Waals surface area contributed by atoms with Gasteiger partial charge in [-0.1, -0.05) is 19.3 Å². The molecule has 1 aromatic rings. The normalized spacial score (nSPS) is 18.3. The van der Waals surface area contributed by atoms with E-state index in [1.165, 1.54) is 19.6 Å². The second kappa shape index (κ2) is 5.37. The van der Waals surface area contributed by atoms with Crippen LogP contribution in [0, 0.1) is 12.7 Å². The number of aromatic hydroxyl groups is 1. The Balaban J connectivity index is 2.59. The number of nitrogens with two attached hydrogens (primary N) is 1. The molecule has 1 aromatic carbocycles. The molecule has 0 saturated heterocycles. The molecule has 1 fully saturated rings. The number of halogens is 1. The van der Waals surface area contributed by atoms with Crippen molar-refractivity contribution in [3.05, 3.63) is 23.0 Å². The number of hydrogen-bond donors (Lipinski definition) is 2. The number of phenolic OH excluding ortho intramolecular Hbond substituents is 1. The summed E-state index contributed by atoms with van der Waals surface area (Å²) in [6, 6.07) is 1.43. The molecular weight excluding hydrogens is 245 g/mol. The minimum absolute atomic E-state index is 0.0704. The summed E-state index contributed by atoms with van der Waals surface area (Å²) in [6.07, 6.45) is 5.25. The Kier molecular flexibility index (Phi) is 3.99. The number of benzene rings is 1. The maximum Gasteiger partial charge on any atom is 0.196 e. The third kappa shape index (κ3) is 2.29. The van der Waals surface area contributed by atoms with E-state index in [-0.39, 0.29) is 16.9 Å². The monoisotopic (exact) mass is 267 g/mol. The number of hydrogen-bond acceptors (Lipinski definition) is 3. The van der Waals surface area contributed by atoms with Crippen LogP contribution in [0.4, 0.5) is 4.39 Å². The van der Waals surface area contributed by atoms with Crippen LogP contribution in [0.5, 0.6) is 11.5 Å². The lowest BCUT2D eigenvalue weighted by Crippen LogP contribution is -2.38. The van der Waals surface area contributed by atoms with Crippen molar-refractivity contribution in [3.8, 4) is 11.5 Å². The van der Waals surface area contributed by atoms with E-state index < -0.39 is 5.82 Å². The number of methoxy groups -OCH3 is 1. The van der Waals surface area contributed by atoms with Crippen LogP contribution in [0.15, 0.2) is 6.07 Å². The van der Waals surface area contributed by atoms with Gasteiger partial charge < -0.3 is 15.6 Å². The second-order valence-electron chi connectivity index (χ2n) is 5.48. The van der Waals surface area contributed by atoms with Crippen LogP contribution in [-0.2, 0) is 5.41 Å². The Bertz CT molecular complexity index is 468. The first-order chi connectivity index (χ1) is 9.05. The van der Waals surface area contributed by atoms with E-state index in [1.807, 2.05) is 6.92 Å². The average Bonchev–Trinajstić information content (AvgIpc) is 2.39. The van der Waals surface area contributed by atoms with Gasteiger partial charge in [0.05, 0.1) is 7.11 Å². The van der Waals surface area contributed by atoms with Crippen molar-refractivity contribution in [1.29, 1.82) is 0 Å². The van der Waals surface area contributed by atoms with Crippen LogP contribution in [-0.4, -0.2) is 18.8 Å². The molecule has 3 N–H and O–H groups in total. The van der Waals surface area contributed by atoms with Crippen molar-refractivity contribution < 1.29 is 14.2 Å². The molecule has 0 bridgehead atoms. The fourth-order valence-corrected chi connectivity index (χ4v) is 3.39. The summed E-state index contributed by atoms with van der Waals surface area (Å²) >= 11 is 0. The highest BCUT2D eigenvalue weighted by Gasteiger charge is 2.37. The van der Waals surface area contributed by atoms with Gasteiger partial charge in [0, 0.05) is 17.5 Å². The topological polar surface area (TPSA) is 55.5 Å². The van der Waals surface area contributed by atoms with Crippen molar-refractivity contribution in [2.75, 3.05) is 13.7 Å². The second-order valence-corrected chi connectivity index (χ2v) is 5.48. The molecule has 2 rings (SSSR count). The average molecular weight is 267 g/mol. The number of phenols is 1. The van der Waals surface area contributed by atoms with Crippen molar-refractivity contribution in [2.45, 2.75) is 44.4 Å². The van der Waals surface area contributed by atoms with Gasteiger partial charge in [0.25, 0.3) is 0 Å². The summed E-state index contributed by atoms with van der Waals surface area (Å²) in [5, 5.41) is 10.4. The zero-order valence-corrected chi connectivity index (χ0v) is 11.6. The van der Waals surface area contributed by atoms with Gasteiger partial charge in [-0.25, -0.2) is 4.39 Å². The molecule has 0 radical (unpaired) electrons. The van der Waals surface area contributed by atoms with Gasteiger partial charge in [-0.3, -0.25) is 0 Å². The SMILES string of the molecule is COc1c(F)cc(C)c(C2(CN)CCCCC2)c1O. The summed E-state index contributed by atoms with van der Waals surface area (Å²) in [4.78, 5) is 0. The van der Waals surface area contributed by atoms with Crippen LogP contribution in [0.2, 0.25) is 0 Å². The van der Waals surface area contributed by atoms with Crippen LogP contribution in [0.1, 0.15) is 43.2 Å². The molecule has 106 valence electrons. The lowest BCUT2D eigenvalue weighted by atomic mass is 9.68. The molecule has 0 heterocycles. The molecule has 0 aromatic heterocycles. The molecule has 0 atom stereocenters. The molecule has 1 saturated carbocycles. The van der Waals surface area contributed by atoms with E-state index in [2.05, 4.69) is 0 Å². The molecule has 0 amide bonds. The highest BCUT2D eigenvalue weighted by atomic mass is 19.1. The van der Waals surface area contributed by atoms with Gasteiger partial charge in [0.15, 0.2) is 17.3 Å². The van der Waals surface area contributed by atoms with E-state index in [0.717, 1.165) is 36.8 Å². The maximum absolute atomic E-state index is 13.8. The highest BCUT2D eigenvalue weighted by molar-refractivity contribution is 5.54. The summed E-state index contributed by atoms with van der Waals surface area (Å²) in [7, 11) is 1.37. The van der Waals surface area contributed by atoms with Crippen LogP contribution < -0.4 is 10.5 Å². The van der Waals surface area contributed by atoms with E-state index in [1.54, 1.807) is 0 Å². The third-order valence-corrected chi connectivity index (χ3v) is 4.34. The molecule has 1 aliphatic rings. The Hall–Kier alpha value is -1.29. The van der Waals surface area contributed by atoms with E-state index in [0.29, 0.717) is 6.54 Å². The minimum Gasteiger partial charge on any atom is -0.504 e. The van der Waals surface area contributed by atoms with Crippen molar-refractivity contribution in [1.82, 2.24) is 0 Å². The van der Waals surface area contributed by atoms with Crippen LogP contribution in [0.3, 0.4) is 0 Å². The lowest BCUT2D eigenvalue weighted by Gasteiger charge is -2.38. The zero-order valence-electron chi connectivity index (χ0n) is 11.6. The third-order valence-electron chi connectivity index (χ3n) is 4.34. The summed E-state index contributed by atoms with van der Waals surface area (Å²) < 4.78 is 18.8. The zero-order chi connectivity index (χ0) is 14.0. The molecule has 4 heteroatoms. The highest BCUT2D eigenvalue weighted by Crippen LogP contribution is 2.47. The summed E-state index contributed by atoms with van der Waals surface area (Å²) in [5.41, 5.74) is 7.27. The van der Waals surface area contributed by atoms with Gasteiger partial charge in [-0.2, -0.15) is 0 Å². The quantitative estimate of drug-likeness (QED) is 0.885. The van der Waals surface area contributed by atoms with E-state index >= 15 is 0 Å². The van der Waals surface area contributed by atoms with Gasteiger partial charge in [0.2, 0.25) is 0 Å². The van der Waals surface area contributed by atoms with Crippen molar-refractivity contribution in [3.63, 3.8) is 0 Å². The Morgan fingerprint density at radius 3 is 2.53 bits per heavy atom. The Morgan fingerprint density at radius 2 is 2.00 bits per heavy atom. The lowest BCUT2D eigenvalue weighted by molar-refractivity contribution is 0.281. The standard InChI is InChI=1S/C15H22FNO2/c1-10-8-11(16)14(19-2)13(18)12(10)15(9-17)6-4-3-5-7-15/h8,18H,3-7,9,17H2,1-2H3. The Morgan fingerprint density at radius 1 is 1.37 bits per heavy atom. The molecular formula is C15H22FNO2. The predicted molar refractivity (Wildman–Crippen MR) is 73.2 cm³/mol. The smallest absolute Gasteiger partial charge is 0.196 e. The first-order valence-corrected chi connectivity index (χ1v) is 6.82. The van der Waals surface area contributed by atoms with Gasteiger partial charge >= 0.3 is 0 Å². The van der Waals surface area contributed by atoms with Crippen LogP contribution in [0.25, 0.3) is 0 Å². The van der Waals surface area contributed by atoms with Crippen molar-refractivity contribution in [2.24, 2.45) is 5.73 Å². The van der Waals surface area contributed by atoms with Gasteiger partial charge in [-0.15, -0.1) is 0 Å². The molecule has 1 aliphatic carbocycles. The Labute approximate surface area is 113 Å². The first kappa shape index (κ1) is 14.1. The number of aryl methyl sites for hydroxylation is 1. The van der Waals surface area contributed by atoms with E-state index in [9.17, 15) is 9.50 Å². The van der Waals surface area contributed by atoms with Crippen molar-refractivity contribution >= 4 is 0 Å². The molecule has 0 aliphatic heterocycles. The molecule has 3 nitrogen and oxygen atoms in total. The van der Waals surface area contributed by atoms with Gasteiger partial charge in [-0.05, 0) is 31.4 Å². The fraction of sp³-hybridized carbons (Fsp3) is 0.600. The molecule has 19 heavy (non-hydrogen) atoms. The predicted octanol–water partition coefficient (Wildman–Crippen LogP) is 3.01. The first-order valence-electron chi connectivity index (χ1n) is 6.82. The summed E-state index contributed by atoms with van der Waals surface area (Å²) in [6.45, 7) is 2.29.